The van der Waals surface area contributed by atoms with Crippen LogP contribution >= 0.6 is 34.3 Å². The number of phenolic OH excluding ortho intramolecular Hbond substituents is 1. The highest BCUT2D eigenvalue weighted by Gasteiger charge is 2.23. The number of aromatic hydroxyl groups is 1. The number of aromatic nitrogens is 1. The number of thiophene rings is 1. The van der Waals surface area contributed by atoms with E-state index < -0.39 is 0 Å². The Hall–Kier alpha value is -1.89. The van der Waals surface area contributed by atoms with Crippen molar-refractivity contribution in [1.82, 2.24) is 9.88 Å². The topological polar surface area (TPSA) is 53.4 Å². The van der Waals surface area contributed by atoms with Gasteiger partial charge in [0.25, 0.3) is 5.91 Å². The number of carbonyl (C=O) groups excluding carboxylic acids is 1. The summed E-state index contributed by atoms with van der Waals surface area (Å²) < 4.78 is 0.693. The highest BCUT2D eigenvalue weighted by molar-refractivity contribution is 7.23. The average Bonchev–Trinajstić information content (AvgIpc) is 3.22. The largest absolute Gasteiger partial charge is 0.508 e. The molecule has 7 heteroatoms. The summed E-state index contributed by atoms with van der Waals surface area (Å²) in [6.07, 6.45) is 0. The Morgan fingerprint density at radius 3 is 2.71 bits per heavy atom. The van der Waals surface area contributed by atoms with Gasteiger partial charge in [-0.25, -0.2) is 4.98 Å². The van der Waals surface area contributed by atoms with Crippen LogP contribution in [0.2, 0.25) is 4.34 Å². The van der Waals surface area contributed by atoms with Gasteiger partial charge in [0.1, 0.15) is 16.5 Å². The second-order valence-corrected chi connectivity index (χ2v) is 7.87. The molecule has 4 nitrogen and oxygen atoms in total. The van der Waals surface area contributed by atoms with Gasteiger partial charge in [0, 0.05) is 18.0 Å². The zero-order valence-electron chi connectivity index (χ0n) is 13.1. The van der Waals surface area contributed by atoms with Crippen molar-refractivity contribution in [3.05, 3.63) is 57.4 Å². The fourth-order valence-electron chi connectivity index (χ4n) is 2.32. The SMILES string of the molecule is C[C@H](c1ccccc1O)N(C)C(=O)c1csc(-c2ccc(Cl)s2)n1. The Morgan fingerprint density at radius 1 is 1.29 bits per heavy atom. The third-order valence-corrected chi connectivity index (χ3v) is 6.04. The van der Waals surface area contributed by atoms with E-state index in [1.807, 2.05) is 31.2 Å². The maximum absolute atomic E-state index is 12.7. The molecule has 0 aliphatic carbocycles. The van der Waals surface area contributed by atoms with E-state index in [2.05, 4.69) is 4.98 Å². The summed E-state index contributed by atoms with van der Waals surface area (Å²) in [7, 11) is 1.71. The summed E-state index contributed by atoms with van der Waals surface area (Å²) in [5.41, 5.74) is 1.10. The predicted octanol–water partition coefficient (Wildman–Crippen LogP) is 5.06. The summed E-state index contributed by atoms with van der Waals surface area (Å²) >= 11 is 8.80. The van der Waals surface area contributed by atoms with Crippen molar-refractivity contribution >= 4 is 40.2 Å². The molecule has 0 bridgehead atoms. The monoisotopic (exact) mass is 378 g/mol. The lowest BCUT2D eigenvalue weighted by atomic mass is 10.1. The second kappa shape index (κ2) is 6.93. The van der Waals surface area contributed by atoms with E-state index in [4.69, 9.17) is 11.6 Å². The molecule has 1 atom stereocenters. The molecule has 3 rings (SSSR count). The van der Waals surface area contributed by atoms with Crippen LogP contribution in [0.3, 0.4) is 0 Å². The highest BCUT2D eigenvalue weighted by Crippen LogP contribution is 2.34. The molecule has 24 heavy (non-hydrogen) atoms. The molecule has 2 heterocycles. The lowest BCUT2D eigenvalue weighted by molar-refractivity contribution is 0.0736. The van der Waals surface area contributed by atoms with Crippen LogP contribution in [0.1, 0.15) is 29.0 Å². The number of para-hydroxylation sites is 1. The van der Waals surface area contributed by atoms with Crippen LogP contribution in [0.25, 0.3) is 9.88 Å². The number of phenols is 1. The van der Waals surface area contributed by atoms with Gasteiger partial charge in [0.15, 0.2) is 0 Å². The van der Waals surface area contributed by atoms with Crippen LogP contribution in [-0.2, 0) is 0 Å². The molecule has 0 unspecified atom stereocenters. The number of thiazole rings is 1. The molecule has 1 N–H and O–H groups in total. The van der Waals surface area contributed by atoms with Crippen molar-refractivity contribution in [3.63, 3.8) is 0 Å². The van der Waals surface area contributed by atoms with Crippen LogP contribution in [0, 0.1) is 0 Å². The molecule has 0 saturated heterocycles. The maximum atomic E-state index is 12.7. The quantitative estimate of drug-likeness (QED) is 0.690. The molecular formula is C17H15ClN2O2S2. The van der Waals surface area contributed by atoms with Gasteiger partial charge >= 0.3 is 0 Å². The number of amides is 1. The summed E-state index contributed by atoms with van der Waals surface area (Å²) in [5, 5.41) is 12.5. The molecule has 0 aliphatic heterocycles. The van der Waals surface area contributed by atoms with Crippen LogP contribution in [-0.4, -0.2) is 27.9 Å². The second-order valence-electron chi connectivity index (χ2n) is 5.29. The molecule has 1 aromatic carbocycles. The molecule has 0 spiro atoms. The van der Waals surface area contributed by atoms with Crippen molar-refractivity contribution in [3.8, 4) is 15.6 Å². The Morgan fingerprint density at radius 2 is 2.04 bits per heavy atom. The van der Waals surface area contributed by atoms with E-state index in [9.17, 15) is 9.90 Å². The normalized spacial score (nSPS) is 12.1. The van der Waals surface area contributed by atoms with E-state index >= 15 is 0 Å². The summed E-state index contributed by atoms with van der Waals surface area (Å²) in [4.78, 5) is 19.6. The van der Waals surface area contributed by atoms with Gasteiger partial charge in [-0.2, -0.15) is 0 Å². The van der Waals surface area contributed by atoms with Gasteiger partial charge < -0.3 is 10.0 Å². The van der Waals surface area contributed by atoms with Crippen molar-refractivity contribution < 1.29 is 9.90 Å². The number of hydrogen-bond acceptors (Lipinski definition) is 5. The minimum atomic E-state index is -0.264. The Kier molecular flexibility index (Phi) is 4.89. The fraction of sp³-hybridized carbons (Fsp3) is 0.176. The minimum Gasteiger partial charge on any atom is -0.508 e. The molecule has 2 aromatic heterocycles. The first-order chi connectivity index (χ1) is 11.5. The first-order valence-corrected chi connectivity index (χ1v) is 9.31. The third-order valence-electron chi connectivity index (χ3n) is 3.80. The van der Waals surface area contributed by atoms with Gasteiger partial charge in [0.05, 0.1) is 15.3 Å². The lowest BCUT2D eigenvalue weighted by Crippen LogP contribution is -2.29. The molecule has 1 amide bonds. The zero-order chi connectivity index (χ0) is 17.3. The minimum absolute atomic E-state index is 0.178. The third kappa shape index (κ3) is 3.31. The predicted molar refractivity (Wildman–Crippen MR) is 99.1 cm³/mol. The molecule has 0 aliphatic rings. The van der Waals surface area contributed by atoms with Crippen molar-refractivity contribution in [1.29, 1.82) is 0 Å². The Bertz CT molecular complexity index is 875. The summed E-state index contributed by atoms with van der Waals surface area (Å²) in [6, 6.07) is 10.5. The number of hydrogen-bond donors (Lipinski definition) is 1. The van der Waals surface area contributed by atoms with Gasteiger partial charge in [-0.15, -0.1) is 22.7 Å². The molecule has 3 aromatic rings. The Labute approximate surface area is 153 Å². The number of rotatable bonds is 4. The molecular weight excluding hydrogens is 364 g/mol. The Balaban J connectivity index is 1.81. The van der Waals surface area contributed by atoms with Crippen LogP contribution in [0.5, 0.6) is 5.75 Å². The van der Waals surface area contributed by atoms with Crippen LogP contribution in [0.15, 0.2) is 41.8 Å². The highest BCUT2D eigenvalue weighted by atomic mass is 35.5. The smallest absolute Gasteiger partial charge is 0.273 e. The number of nitrogens with zero attached hydrogens (tertiary/aromatic N) is 2. The average molecular weight is 379 g/mol. The first-order valence-electron chi connectivity index (χ1n) is 7.23. The molecule has 0 saturated carbocycles. The molecule has 0 fully saturated rings. The fourth-order valence-corrected chi connectivity index (χ4v) is 4.23. The first kappa shape index (κ1) is 17.0. The standard InChI is InChI=1S/C17H15ClN2O2S2/c1-10(11-5-3-4-6-13(11)21)20(2)17(22)12-9-23-16(19-12)14-7-8-15(18)24-14/h3-10,21H,1-2H3/t10-/m1/s1. The lowest BCUT2D eigenvalue weighted by Gasteiger charge is -2.25. The van der Waals surface area contributed by atoms with Crippen LogP contribution in [0.4, 0.5) is 0 Å². The van der Waals surface area contributed by atoms with Gasteiger partial charge in [-0.3, -0.25) is 4.79 Å². The van der Waals surface area contributed by atoms with E-state index in [0.29, 0.717) is 15.6 Å². The van der Waals surface area contributed by atoms with E-state index in [0.717, 1.165) is 9.88 Å². The molecule has 124 valence electrons. The summed E-state index contributed by atoms with van der Waals surface area (Å²) in [5.74, 6) is -0.00671. The number of carbonyl (C=O) groups is 1. The van der Waals surface area contributed by atoms with Gasteiger partial charge in [-0.05, 0) is 25.1 Å². The number of halogens is 1. The van der Waals surface area contributed by atoms with E-state index in [1.54, 1.807) is 29.5 Å². The zero-order valence-corrected chi connectivity index (χ0v) is 15.5. The number of benzene rings is 1. The van der Waals surface area contributed by atoms with Gasteiger partial charge in [-0.1, -0.05) is 29.8 Å². The van der Waals surface area contributed by atoms with Crippen molar-refractivity contribution in [2.75, 3.05) is 7.05 Å². The van der Waals surface area contributed by atoms with E-state index in [1.165, 1.54) is 22.7 Å². The maximum Gasteiger partial charge on any atom is 0.273 e. The summed E-state index contributed by atoms with van der Waals surface area (Å²) in [6.45, 7) is 1.87. The van der Waals surface area contributed by atoms with Crippen molar-refractivity contribution in [2.45, 2.75) is 13.0 Å². The molecule has 0 radical (unpaired) electrons. The van der Waals surface area contributed by atoms with Crippen LogP contribution < -0.4 is 0 Å². The van der Waals surface area contributed by atoms with Crippen molar-refractivity contribution in [2.24, 2.45) is 0 Å². The van der Waals surface area contributed by atoms with E-state index in [-0.39, 0.29) is 17.7 Å². The van der Waals surface area contributed by atoms with Gasteiger partial charge in [0.2, 0.25) is 0 Å².